The van der Waals surface area contributed by atoms with Crippen LogP contribution in [-0.2, 0) is 4.79 Å². The van der Waals surface area contributed by atoms with Gasteiger partial charge in [0.05, 0.1) is 4.90 Å². The van der Waals surface area contributed by atoms with Gasteiger partial charge in [-0.15, -0.1) is 11.8 Å². The molecule has 110 valence electrons. The molecule has 1 aromatic rings. The molecule has 0 unspecified atom stereocenters. The predicted molar refractivity (Wildman–Crippen MR) is 79.0 cm³/mol. The molecule has 0 aliphatic heterocycles. The van der Waals surface area contributed by atoms with Crippen LogP contribution in [0.15, 0.2) is 21.2 Å². The fourth-order valence-electron chi connectivity index (χ4n) is 1.47. The lowest BCUT2D eigenvalue weighted by atomic mass is 10.1. The zero-order chi connectivity index (χ0) is 15.3. The average molecular weight is 297 g/mol. The van der Waals surface area contributed by atoms with E-state index in [-0.39, 0.29) is 34.9 Å². The van der Waals surface area contributed by atoms with Crippen LogP contribution in [0.2, 0.25) is 0 Å². The Balaban J connectivity index is 3.04. The molecule has 0 fully saturated rings. The highest BCUT2D eigenvalue weighted by atomic mass is 32.2. The lowest BCUT2D eigenvalue weighted by Gasteiger charge is -2.12. The topological polar surface area (TPSA) is 94.3 Å². The second kappa shape index (κ2) is 7.14. The highest BCUT2D eigenvalue weighted by Crippen LogP contribution is 2.43. The number of carbonyl (C=O) groups excluding carboxylic acids is 1. The van der Waals surface area contributed by atoms with Crippen LogP contribution in [0.3, 0.4) is 0 Å². The Bertz CT molecular complexity index is 530. The molecule has 0 aliphatic carbocycles. The van der Waals surface area contributed by atoms with Crippen LogP contribution < -0.4 is 5.32 Å². The van der Waals surface area contributed by atoms with Crippen molar-refractivity contribution in [3.05, 3.63) is 11.6 Å². The molecule has 20 heavy (non-hydrogen) atoms. The molecule has 0 aromatic heterocycles. The van der Waals surface area contributed by atoms with Crippen molar-refractivity contribution < 1.29 is 15.0 Å². The summed E-state index contributed by atoms with van der Waals surface area (Å²) >= 11 is 1.45. The van der Waals surface area contributed by atoms with Gasteiger partial charge in [0.2, 0.25) is 5.91 Å². The van der Waals surface area contributed by atoms with Crippen molar-refractivity contribution in [2.45, 2.75) is 30.9 Å². The normalized spacial score (nSPS) is 11.2. The van der Waals surface area contributed by atoms with Crippen molar-refractivity contribution in [2.75, 3.05) is 13.6 Å². The number of azo groups is 1. The molecule has 0 saturated heterocycles. The number of rotatable bonds is 5. The van der Waals surface area contributed by atoms with Gasteiger partial charge in [-0.2, -0.15) is 10.2 Å². The van der Waals surface area contributed by atoms with Crippen LogP contribution in [0.4, 0.5) is 5.69 Å². The molecular formula is C13H19N3O3S. The van der Waals surface area contributed by atoms with Crippen molar-refractivity contribution in [1.29, 1.82) is 0 Å². The highest BCUT2D eigenvalue weighted by Gasteiger charge is 2.15. The van der Waals surface area contributed by atoms with E-state index in [1.54, 1.807) is 6.92 Å². The smallest absolute Gasteiger partial charge is 0.243 e. The van der Waals surface area contributed by atoms with E-state index in [2.05, 4.69) is 15.5 Å². The third kappa shape index (κ3) is 4.12. The number of thioether (sulfide) groups is 1. The Kier molecular flexibility index (Phi) is 5.82. The summed E-state index contributed by atoms with van der Waals surface area (Å²) in [6, 6.07) is 1.46. The van der Waals surface area contributed by atoms with E-state index in [0.29, 0.717) is 10.5 Å². The van der Waals surface area contributed by atoms with E-state index in [1.165, 1.54) is 24.9 Å². The summed E-state index contributed by atoms with van der Waals surface area (Å²) in [7, 11) is 1.50. The van der Waals surface area contributed by atoms with E-state index in [9.17, 15) is 15.0 Å². The van der Waals surface area contributed by atoms with Gasteiger partial charge < -0.3 is 15.5 Å². The number of benzene rings is 1. The van der Waals surface area contributed by atoms with Crippen LogP contribution in [-0.4, -0.2) is 35.0 Å². The Morgan fingerprint density at radius 1 is 1.45 bits per heavy atom. The first kappa shape index (κ1) is 16.3. The second-order valence-electron chi connectivity index (χ2n) is 4.46. The van der Waals surface area contributed by atoms with Gasteiger partial charge in [-0.25, -0.2) is 0 Å². The maximum Gasteiger partial charge on any atom is 0.243 e. The maximum atomic E-state index is 11.0. The molecule has 1 aromatic carbocycles. The zero-order valence-electron chi connectivity index (χ0n) is 12.0. The van der Waals surface area contributed by atoms with E-state index >= 15 is 0 Å². The van der Waals surface area contributed by atoms with E-state index in [0.717, 1.165) is 0 Å². The molecule has 0 saturated carbocycles. The number of phenols is 2. The minimum Gasteiger partial charge on any atom is -0.506 e. The van der Waals surface area contributed by atoms with Crippen molar-refractivity contribution in [3.63, 3.8) is 0 Å². The summed E-state index contributed by atoms with van der Waals surface area (Å²) < 4.78 is 0. The van der Waals surface area contributed by atoms with Gasteiger partial charge in [0, 0.05) is 17.9 Å². The second-order valence-corrected chi connectivity index (χ2v) is 6.07. The lowest BCUT2D eigenvalue weighted by molar-refractivity contribution is -0.119. The fraction of sp³-hybridized carbons (Fsp3) is 0.462. The van der Waals surface area contributed by atoms with Gasteiger partial charge in [0.15, 0.2) is 0 Å². The Labute approximate surface area is 122 Å². The number of likely N-dealkylation sites (N-methyl/N-ethyl adjacent to an activating group) is 1. The van der Waals surface area contributed by atoms with Gasteiger partial charge in [-0.1, -0.05) is 13.8 Å². The zero-order valence-corrected chi connectivity index (χ0v) is 12.8. The first-order valence-electron chi connectivity index (χ1n) is 6.17. The molecule has 0 spiro atoms. The summed E-state index contributed by atoms with van der Waals surface area (Å²) in [6.07, 6.45) is 0. The molecule has 7 heteroatoms. The number of nitrogens with zero attached hydrogens (tertiary/aromatic N) is 2. The van der Waals surface area contributed by atoms with E-state index in [1.807, 2.05) is 13.8 Å². The Morgan fingerprint density at radius 2 is 2.10 bits per heavy atom. The summed E-state index contributed by atoms with van der Waals surface area (Å²) in [5.74, 6) is -0.262. The summed E-state index contributed by atoms with van der Waals surface area (Å²) in [5.41, 5.74) is 0.619. The van der Waals surface area contributed by atoms with Crippen LogP contribution in [0.5, 0.6) is 11.5 Å². The first-order valence-corrected chi connectivity index (χ1v) is 7.05. The van der Waals surface area contributed by atoms with Gasteiger partial charge in [-0.05, 0) is 13.0 Å². The molecule has 3 N–H and O–H groups in total. The van der Waals surface area contributed by atoms with Crippen LogP contribution >= 0.6 is 11.8 Å². The van der Waals surface area contributed by atoms with Crippen molar-refractivity contribution in [1.82, 2.24) is 5.32 Å². The van der Waals surface area contributed by atoms with Crippen LogP contribution in [0, 0.1) is 6.92 Å². The lowest BCUT2D eigenvalue weighted by Crippen LogP contribution is -2.20. The molecule has 0 bridgehead atoms. The van der Waals surface area contributed by atoms with Crippen molar-refractivity contribution in [3.8, 4) is 11.5 Å². The summed E-state index contributed by atoms with van der Waals surface area (Å²) in [4.78, 5) is 11.6. The van der Waals surface area contributed by atoms with Gasteiger partial charge in [0.25, 0.3) is 0 Å². The monoisotopic (exact) mass is 297 g/mol. The standard InChI is InChI=1S/C13H19N3O3S/c1-7(2)20-10-5-9(17)12(8(3)13(10)19)16-15-6-11(18)14-4/h5,7,17,19H,6H2,1-4H3,(H,14,18). The maximum absolute atomic E-state index is 11.0. The molecule has 0 aliphatic rings. The first-order chi connectivity index (χ1) is 9.36. The number of hydrogen-bond donors (Lipinski definition) is 3. The third-order valence-corrected chi connectivity index (χ3v) is 3.52. The number of phenolic OH excluding ortho intramolecular Hbond substituents is 2. The number of nitrogens with one attached hydrogen (secondary N) is 1. The largest absolute Gasteiger partial charge is 0.506 e. The molecular weight excluding hydrogens is 278 g/mol. The third-order valence-electron chi connectivity index (χ3n) is 2.48. The van der Waals surface area contributed by atoms with Crippen molar-refractivity contribution in [2.24, 2.45) is 10.2 Å². The highest BCUT2D eigenvalue weighted by molar-refractivity contribution is 8.00. The SMILES string of the molecule is CNC(=O)CN=Nc1c(O)cc(SC(C)C)c(O)c1C. The fourth-order valence-corrected chi connectivity index (χ4v) is 2.42. The Morgan fingerprint density at radius 3 is 2.65 bits per heavy atom. The number of amides is 1. The molecule has 6 nitrogen and oxygen atoms in total. The summed E-state index contributed by atoms with van der Waals surface area (Å²) in [5, 5.41) is 30.3. The van der Waals surface area contributed by atoms with E-state index in [4.69, 9.17) is 0 Å². The number of carbonyl (C=O) groups is 1. The molecule has 0 atom stereocenters. The minimum absolute atomic E-state index is 0.0656. The van der Waals surface area contributed by atoms with E-state index < -0.39 is 0 Å². The summed E-state index contributed by atoms with van der Waals surface area (Å²) in [6.45, 7) is 5.51. The number of hydrogen-bond acceptors (Lipinski definition) is 6. The van der Waals surface area contributed by atoms with Crippen molar-refractivity contribution >= 4 is 23.4 Å². The quantitative estimate of drug-likeness (QED) is 0.442. The molecule has 1 amide bonds. The predicted octanol–water partition coefficient (Wildman–Crippen LogP) is 2.74. The Hall–Kier alpha value is -1.76. The minimum atomic E-state index is -0.276. The average Bonchev–Trinajstić information content (AvgIpc) is 2.38. The molecule has 1 rings (SSSR count). The van der Waals surface area contributed by atoms with Gasteiger partial charge >= 0.3 is 0 Å². The van der Waals surface area contributed by atoms with Gasteiger partial charge in [-0.3, -0.25) is 4.79 Å². The van der Waals surface area contributed by atoms with Gasteiger partial charge in [0.1, 0.15) is 23.7 Å². The van der Waals surface area contributed by atoms with Crippen LogP contribution in [0.1, 0.15) is 19.4 Å². The number of aromatic hydroxyl groups is 2. The molecule has 0 heterocycles. The molecule has 0 radical (unpaired) electrons. The van der Waals surface area contributed by atoms with Crippen LogP contribution in [0.25, 0.3) is 0 Å².